The van der Waals surface area contributed by atoms with Crippen LogP contribution in [0.3, 0.4) is 0 Å². The van der Waals surface area contributed by atoms with E-state index in [4.69, 9.17) is 20.4 Å². The third-order valence-corrected chi connectivity index (χ3v) is 2.17. The molecule has 0 aromatic heterocycles. The molecule has 0 saturated carbocycles. The van der Waals surface area contributed by atoms with Gasteiger partial charge in [-0.25, -0.2) is 0 Å². The summed E-state index contributed by atoms with van der Waals surface area (Å²) in [6.45, 7) is -2.25. The second-order valence-electron chi connectivity index (χ2n) is 4.00. The van der Waals surface area contributed by atoms with Crippen LogP contribution in [0, 0.1) is 0 Å². The van der Waals surface area contributed by atoms with Crippen LogP contribution in [0.1, 0.15) is 0 Å². The molecule has 0 aromatic carbocycles. The molecule has 10 nitrogen and oxygen atoms in total. The van der Waals surface area contributed by atoms with Crippen molar-refractivity contribution in [1.82, 2.24) is 9.80 Å². The molecule has 0 aromatic rings. The third kappa shape index (κ3) is 20.3. The van der Waals surface area contributed by atoms with Crippen LogP contribution in [0.15, 0.2) is 0 Å². The van der Waals surface area contributed by atoms with Crippen LogP contribution in [0.2, 0.25) is 0 Å². The predicted molar refractivity (Wildman–Crippen MR) is 77.7 cm³/mol. The summed E-state index contributed by atoms with van der Waals surface area (Å²) in [5, 5.41) is 34.5. The molecule has 23 heavy (non-hydrogen) atoms. The van der Waals surface area contributed by atoms with Crippen LogP contribution in [-0.2, 0) is 36.2 Å². The van der Waals surface area contributed by atoms with Crippen LogP contribution in [0.4, 0.5) is 0 Å². The van der Waals surface area contributed by atoms with E-state index in [2.05, 4.69) is 0 Å². The molecule has 0 saturated heterocycles. The first-order valence-electron chi connectivity index (χ1n) is 5.52. The van der Waals surface area contributed by atoms with E-state index in [1.54, 1.807) is 0 Å². The van der Waals surface area contributed by atoms with Crippen molar-refractivity contribution >= 4 is 83.0 Å². The minimum absolute atomic E-state index is 0. The van der Waals surface area contributed by atoms with E-state index in [1.807, 2.05) is 0 Å². The van der Waals surface area contributed by atoms with Crippen molar-refractivity contribution in [2.75, 3.05) is 39.3 Å². The predicted octanol–water partition coefficient (Wildman–Crippen LogP) is -3.37. The van der Waals surface area contributed by atoms with Gasteiger partial charge in [-0.15, -0.1) is 0 Å². The maximum absolute atomic E-state index is 10.6. The van der Waals surface area contributed by atoms with E-state index in [1.165, 1.54) is 0 Å². The average Bonchev–Trinajstić information content (AvgIpc) is 2.22. The van der Waals surface area contributed by atoms with E-state index in [0.717, 1.165) is 9.80 Å². The molecule has 0 aliphatic heterocycles. The summed E-state index contributed by atoms with van der Waals surface area (Å²) in [6.07, 6.45) is 0. The summed E-state index contributed by atoms with van der Waals surface area (Å²) < 4.78 is 0. The molecule has 0 atom stereocenters. The molecule has 1 radical (unpaired) electrons. The fourth-order valence-corrected chi connectivity index (χ4v) is 1.48. The molecule has 0 aliphatic carbocycles. The Hall–Kier alpha value is 0.319. The molecular weight excluding hydrogens is 377 g/mol. The zero-order chi connectivity index (χ0) is 15.7. The van der Waals surface area contributed by atoms with Gasteiger partial charge in [0.25, 0.3) is 0 Å². The minimum atomic E-state index is -1.23. The van der Waals surface area contributed by atoms with Crippen LogP contribution in [-0.4, -0.2) is 152 Å². The maximum atomic E-state index is 10.6. The quantitative estimate of drug-likeness (QED) is 0.261. The third-order valence-electron chi connectivity index (χ3n) is 2.17. The number of aliphatic carboxylic acids is 4. The Labute approximate surface area is 187 Å². The van der Waals surface area contributed by atoms with E-state index in [9.17, 15) is 19.2 Å². The van der Waals surface area contributed by atoms with Crippen LogP contribution in [0.25, 0.3) is 0 Å². The number of nitrogens with zero attached hydrogens (tertiary/aromatic N) is 2. The summed E-state index contributed by atoms with van der Waals surface area (Å²) in [6, 6.07) is 0. The molecule has 125 valence electrons. The molecule has 0 spiro atoms. The zero-order valence-electron chi connectivity index (χ0n) is 10.9. The van der Waals surface area contributed by atoms with Gasteiger partial charge in [-0.1, -0.05) is 0 Å². The van der Waals surface area contributed by atoms with Crippen molar-refractivity contribution in [1.29, 1.82) is 0 Å². The molecule has 13 heteroatoms. The average molecular weight is 395 g/mol. The van der Waals surface area contributed by atoms with Crippen LogP contribution in [0.5, 0.6) is 0 Å². The topological polar surface area (TPSA) is 156 Å². The fraction of sp³-hybridized carbons (Fsp3) is 0.600. The molecule has 0 heterocycles. The van der Waals surface area contributed by atoms with Gasteiger partial charge in [-0.05, 0) is 0 Å². The van der Waals surface area contributed by atoms with Crippen molar-refractivity contribution in [3.63, 3.8) is 0 Å². The first-order chi connectivity index (χ1) is 9.20. The van der Waals surface area contributed by atoms with E-state index < -0.39 is 50.1 Å². The first kappa shape index (κ1) is 31.1. The number of carbonyl (C=O) groups is 4. The molecule has 0 bridgehead atoms. The molecule has 0 amide bonds. The second-order valence-corrected chi connectivity index (χ2v) is 4.00. The summed E-state index contributed by atoms with van der Waals surface area (Å²) in [4.78, 5) is 44.4. The summed E-state index contributed by atoms with van der Waals surface area (Å²) in [7, 11) is 0. The number of hydrogen-bond acceptors (Lipinski definition) is 6. The molecule has 0 aliphatic rings. The van der Waals surface area contributed by atoms with Crippen molar-refractivity contribution in [3.05, 3.63) is 0 Å². The van der Waals surface area contributed by atoms with Gasteiger partial charge < -0.3 is 20.4 Å². The van der Waals surface area contributed by atoms with Gasteiger partial charge in [-0.2, -0.15) is 0 Å². The first-order valence-corrected chi connectivity index (χ1v) is 5.52. The van der Waals surface area contributed by atoms with Gasteiger partial charge in [0.05, 0.1) is 26.2 Å². The number of rotatable bonds is 11. The normalized spacial score (nSPS) is 9.30. The summed E-state index contributed by atoms with van der Waals surface area (Å²) in [5.74, 6) is -4.91. The molecule has 0 rings (SSSR count). The van der Waals surface area contributed by atoms with Gasteiger partial charge >= 0.3 is 83.0 Å². The van der Waals surface area contributed by atoms with E-state index >= 15 is 0 Å². The van der Waals surface area contributed by atoms with Crippen molar-refractivity contribution in [2.45, 2.75) is 0 Å². The Kier molecular flexibility index (Phi) is 23.2. The van der Waals surface area contributed by atoms with Gasteiger partial charge in [0.1, 0.15) is 0 Å². The van der Waals surface area contributed by atoms with Crippen molar-refractivity contribution in [2.24, 2.45) is 0 Å². The van der Waals surface area contributed by atoms with E-state index in [0.29, 0.717) is 0 Å². The van der Waals surface area contributed by atoms with Gasteiger partial charge in [0, 0.05) is 30.2 Å². The molecule has 0 unspecified atom stereocenters. The van der Waals surface area contributed by atoms with Crippen molar-refractivity contribution < 1.29 is 56.7 Å². The monoisotopic (exact) mass is 395 g/mol. The Balaban J connectivity index is -0.000000602. The van der Waals surface area contributed by atoms with E-state index in [-0.39, 0.29) is 89.3 Å². The summed E-state index contributed by atoms with van der Waals surface area (Å²) >= 11 is 0. The second kappa shape index (κ2) is 17.2. The number of carboxylic acids is 4. The Morgan fingerprint density at radius 3 is 0.870 bits per heavy atom. The SMILES string of the molecule is O=C(O)CN(CCN(CC(=O)O)CC(=O)O)CC(=O)O.[Mn].[NaH].[NaH]. The van der Waals surface area contributed by atoms with Crippen molar-refractivity contribution in [3.8, 4) is 0 Å². The van der Waals surface area contributed by atoms with Gasteiger partial charge in [0.15, 0.2) is 0 Å². The van der Waals surface area contributed by atoms with Crippen LogP contribution >= 0.6 is 0 Å². The van der Waals surface area contributed by atoms with Gasteiger partial charge in [0.2, 0.25) is 0 Å². The number of carboxylic acid groups (broad SMARTS) is 4. The molecule has 4 N–H and O–H groups in total. The molecular formula is C10H18MnN2Na2O8. The zero-order valence-corrected chi connectivity index (χ0v) is 12.1. The Morgan fingerprint density at radius 1 is 0.565 bits per heavy atom. The molecule has 0 fully saturated rings. The van der Waals surface area contributed by atoms with Crippen LogP contribution < -0.4 is 0 Å². The standard InChI is InChI=1S/C10H16N2O8.Mn.2Na.2H/c13-7(14)3-11(4-8(15)16)1-2-12(5-9(17)18)6-10(19)20;;;;;/h1-6H2,(H,13,14)(H,15,16)(H,17,18)(H,19,20);;;;;. The number of hydrogen-bond donors (Lipinski definition) is 4. The Bertz CT molecular complexity index is 331. The summed E-state index contributed by atoms with van der Waals surface area (Å²) in [5.41, 5.74) is 0. The van der Waals surface area contributed by atoms with Gasteiger partial charge in [-0.3, -0.25) is 29.0 Å². The fourth-order valence-electron chi connectivity index (χ4n) is 1.48. The Morgan fingerprint density at radius 2 is 0.739 bits per heavy atom.